The smallest absolute Gasteiger partial charge is 0.174 e. The number of aryl methyl sites for hydroxylation is 3. The molecule has 96 valence electrons. The number of hydrogen-bond donors (Lipinski definition) is 2. The third-order valence-corrected chi connectivity index (χ3v) is 3.74. The lowest BCUT2D eigenvalue weighted by Gasteiger charge is -2.05. The van der Waals surface area contributed by atoms with Crippen molar-refractivity contribution >= 4 is 17.6 Å². The summed E-state index contributed by atoms with van der Waals surface area (Å²) in [5, 5.41) is 17.7. The molecule has 0 atom stereocenters. The number of imidazole rings is 1. The van der Waals surface area contributed by atoms with Crippen LogP contribution in [0.5, 0.6) is 0 Å². The molecule has 0 aromatic carbocycles. The van der Waals surface area contributed by atoms with E-state index in [0.29, 0.717) is 11.3 Å². The van der Waals surface area contributed by atoms with E-state index >= 15 is 0 Å². The van der Waals surface area contributed by atoms with E-state index < -0.39 is 0 Å². The topological polar surface area (TPSA) is 94.2 Å². The van der Waals surface area contributed by atoms with Gasteiger partial charge in [0, 0.05) is 26.5 Å². The molecular formula is C10H14N6OS. The normalized spacial score (nSPS) is 12.1. The summed E-state index contributed by atoms with van der Waals surface area (Å²) in [5.74, 6) is 0.0531. The fraction of sp³-hybridized carbons (Fsp3) is 0.300. The van der Waals surface area contributed by atoms with Crippen LogP contribution in [0.15, 0.2) is 27.7 Å². The molecular weight excluding hydrogens is 252 g/mol. The molecule has 0 bridgehead atoms. The van der Waals surface area contributed by atoms with Crippen molar-refractivity contribution in [1.29, 1.82) is 0 Å². The molecule has 2 rings (SSSR count). The summed E-state index contributed by atoms with van der Waals surface area (Å²) < 4.78 is 3.59. The van der Waals surface area contributed by atoms with Gasteiger partial charge in [0.2, 0.25) is 0 Å². The Morgan fingerprint density at radius 2 is 2.22 bits per heavy atom. The summed E-state index contributed by atoms with van der Waals surface area (Å²) in [7, 11) is 3.72. The molecule has 0 saturated heterocycles. The maximum Gasteiger partial charge on any atom is 0.174 e. The molecule has 0 radical (unpaired) electrons. The van der Waals surface area contributed by atoms with Crippen molar-refractivity contribution in [3.8, 4) is 0 Å². The molecule has 0 amide bonds. The predicted molar refractivity (Wildman–Crippen MR) is 67.8 cm³/mol. The maximum atomic E-state index is 8.82. The Morgan fingerprint density at radius 1 is 1.50 bits per heavy atom. The molecule has 0 aliphatic rings. The second kappa shape index (κ2) is 4.73. The first-order valence-electron chi connectivity index (χ1n) is 5.21. The van der Waals surface area contributed by atoms with E-state index in [1.807, 2.05) is 31.8 Å². The van der Waals surface area contributed by atoms with Gasteiger partial charge < -0.3 is 15.5 Å². The zero-order valence-corrected chi connectivity index (χ0v) is 11.1. The van der Waals surface area contributed by atoms with Gasteiger partial charge in [-0.3, -0.25) is 4.68 Å². The Hall–Kier alpha value is -1.96. The first-order chi connectivity index (χ1) is 8.54. The van der Waals surface area contributed by atoms with E-state index in [0.717, 1.165) is 10.2 Å². The summed E-state index contributed by atoms with van der Waals surface area (Å²) in [6, 6.07) is 0. The zero-order chi connectivity index (χ0) is 13.3. The number of nitrogens with zero attached hydrogens (tertiary/aromatic N) is 5. The highest BCUT2D eigenvalue weighted by atomic mass is 32.2. The Bertz CT molecular complexity index is 600. The number of hydrogen-bond acceptors (Lipinski definition) is 5. The summed E-state index contributed by atoms with van der Waals surface area (Å²) in [6.45, 7) is 1.82. The second-order valence-electron chi connectivity index (χ2n) is 3.80. The third kappa shape index (κ3) is 2.06. The first-order valence-corrected chi connectivity index (χ1v) is 6.03. The summed E-state index contributed by atoms with van der Waals surface area (Å²) >= 11 is 1.42. The van der Waals surface area contributed by atoms with E-state index in [9.17, 15) is 0 Å². The number of amidine groups is 1. The lowest BCUT2D eigenvalue weighted by molar-refractivity contribution is 0.318. The van der Waals surface area contributed by atoms with Gasteiger partial charge in [0.15, 0.2) is 11.0 Å². The molecule has 0 spiro atoms. The van der Waals surface area contributed by atoms with E-state index in [2.05, 4.69) is 15.2 Å². The summed E-state index contributed by atoms with van der Waals surface area (Å²) in [4.78, 5) is 4.23. The molecule has 8 heteroatoms. The number of nitrogens with two attached hydrogens (primary N) is 1. The summed E-state index contributed by atoms with van der Waals surface area (Å²) in [6.07, 6.45) is 3.57. The van der Waals surface area contributed by atoms with E-state index in [1.54, 1.807) is 10.9 Å². The molecule has 3 N–H and O–H groups in total. The molecule has 2 aromatic rings. The van der Waals surface area contributed by atoms with Crippen molar-refractivity contribution in [1.82, 2.24) is 19.3 Å². The minimum Gasteiger partial charge on any atom is -0.409 e. The molecule has 0 aliphatic heterocycles. The van der Waals surface area contributed by atoms with Crippen molar-refractivity contribution in [2.24, 2.45) is 25.0 Å². The van der Waals surface area contributed by atoms with Crippen LogP contribution in [0, 0.1) is 6.92 Å². The van der Waals surface area contributed by atoms with Crippen LogP contribution in [0.3, 0.4) is 0 Å². The second-order valence-corrected chi connectivity index (χ2v) is 4.75. The van der Waals surface area contributed by atoms with E-state index in [4.69, 9.17) is 10.9 Å². The highest BCUT2D eigenvalue weighted by Crippen LogP contribution is 2.30. The van der Waals surface area contributed by atoms with Crippen LogP contribution >= 0.6 is 11.8 Å². The summed E-state index contributed by atoms with van der Waals surface area (Å²) in [5.41, 5.74) is 7.03. The van der Waals surface area contributed by atoms with Crippen molar-refractivity contribution < 1.29 is 5.21 Å². The minimum atomic E-state index is 0.0531. The predicted octanol–water partition coefficient (Wildman–Crippen LogP) is 0.708. The zero-order valence-electron chi connectivity index (χ0n) is 10.3. The van der Waals surface area contributed by atoms with Gasteiger partial charge in [-0.25, -0.2) is 4.98 Å². The molecule has 0 fully saturated rings. The highest BCUT2D eigenvalue weighted by molar-refractivity contribution is 7.99. The molecule has 2 heterocycles. The average Bonchev–Trinajstić information content (AvgIpc) is 2.84. The monoisotopic (exact) mass is 266 g/mol. The highest BCUT2D eigenvalue weighted by Gasteiger charge is 2.19. The molecule has 2 aromatic heterocycles. The molecule has 0 saturated carbocycles. The standard InChI is InChI=1S/C10H14N6OS/c1-6-7(8(11)14-17)9(16(3)13-6)18-10-12-4-5-15(10)2/h4-5,17H,1-3H3,(H2,11,14). The number of rotatable bonds is 3. The van der Waals surface area contributed by atoms with Crippen molar-refractivity contribution in [3.63, 3.8) is 0 Å². The maximum absolute atomic E-state index is 8.82. The van der Waals surface area contributed by atoms with Gasteiger partial charge in [0.05, 0.1) is 11.3 Å². The van der Waals surface area contributed by atoms with Gasteiger partial charge >= 0.3 is 0 Å². The largest absolute Gasteiger partial charge is 0.409 e. The van der Waals surface area contributed by atoms with Crippen molar-refractivity contribution in [2.45, 2.75) is 17.1 Å². The van der Waals surface area contributed by atoms with Gasteiger partial charge in [-0.15, -0.1) is 0 Å². The molecule has 0 unspecified atom stereocenters. The van der Waals surface area contributed by atoms with E-state index in [-0.39, 0.29) is 5.84 Å². The third-order valence-electron chi connectivity index (χ3n) is 2.50. The Balaban J connectivity index is 2.48. The Morgan fingerprint density at radius 3 is 2.78 bits per heavy atom. The average molecular weight is 266 g/mol. The van der Waals surface area contributed by atoms with Crippen LogP contribution in [0.2, 0.25) is 0 Å². The van der Waals surface area contributed by atoms with Crippen LogP contribution in [-0.2, 0) is 14.1 Å². The molecule has 7 nitrogen and oxygen atoms in total. The Labute approximate surface area is 108 Å². The number of aromatic nitrogens is 4. The van der Waals surface area contributed by atoms with Gasteiger partial charge in [-0.2, -0.15) is 5.10 Å². The van der Waals surface area contributed by atoms with Crippen LogP contribution in [0.4, 0.5) is 0 Å². The van der Waals surface area contributed by atoms with Crippen LogP contribution in [-0.4, -0.2) is 30.4 Å². The van der Waals surface area contributed by atoms with Crippen LogP contribution in [0.25, 0.3) is 0 Å². The first kappa shape index (κ1) is 12.5. The van der Waals surface area contributed by atoms with Gasteiger partial charge in [-0.1, -0.05) is 5.16 Å². The SMILES string of the molecule is Cc1nn(C)c(Sc2nccn2C)c1C(N)=NO. The fourth-order valence-electron chi connectivity index (χ4n) is 1.64. The minimum absolute atomic E-state index is 0.0531. The number of oxime groups is 1. The Kier molecular flexibility index (Phi) is 3.28. The van der Waals surface area contributed by atoms with Gasteiger partial charge in [0.1, 0.15) is 5.03 Å². The van der Waals surface area contributed by atoms with Gasteiger partial charge in [0.25, 0.3) is 0 Å². The molecule has 18 heavy (non-hydrogen) atoms. The van der Waals surface area contributed by atoms with Crippen molar-refractivity contribution in [2.75, 3.05) is 0 Å². The quantitative estimate of drug-likeness (QED) is 0.369. The van der Waals surface area contributed by atoms with Crippen molar-refractivity contribution in [3.05, 3.63) is 23.7 Å². The van der Waals surface area contributed by atoms with E-state index in [1.165, 1.54) is 11.8 Å². The van der Waals surface area contributed by atoms with Gasteiger partial charge in [-0.05, 0) is 18.7 Å². The van der Waals surface area contributed by atoms with Crippen LogP contribution in [0.1, 0.15) is 11.3 Å². The fourth-order valence-corrected chi connectivity index (χ4v) is 2.65. The lowest BCUT2D eigenvalue weighted by Crippen LogP contribution is -2.15. The molecule has 0 aliphatic carbocycles. The lowest BCUT2D eigenvalue weighted by atomic mass is 10.2. The van der Waals surface area contributed by atoms with Crippen LogP contribution < -0.4 is 5.73 Å².